The summed E-state index contributed by atoms with van der Waals surface area (Å²) < 4.78 is 70.3. The first-order valence-corrected chi connectivity index (χ1v) is 10.5. The summed E-state index contributed by atoms with van der Waals surface area (Å²) in [7, 11) is 0. The molecule has 1 aliphatic rings. The molecule has 11 heteroatoms. The average Bonchev–Trinajstić information content (AvgIpc) is 2.80. The highest BCUT2D eigenvalue weighted by Crippen LogP contribution is 2.31. The molecule has 6 nitrogen and oxygen atoms in total. The van der Waals surface area contributed by atoms with Gasteiger partial charge in [0.05, 0.1) is 11.1 Å². The van der Waals surface area contributed by atoms with Crippen molar-refractivity contribution in [2.75, 3.05) is 26.2 Å². The molecule has 1 fully saturated rings. The van der Waals surface area contributed by atoms with E-state index in [1.54, 1.807) is 0 Å². The van der Waals surface area contributed by atoms with Crippen LogP contribution in [0, 0.1) is 17.6 Å². The smallest absolute Gasteiger partial charge is 0.416 e. The molecule has 0 saturated carbocycles. The van der Waals surface area contributed by atoms with Crippen LogP contribution in [0.1, 0.15) is 28.8 Å². The van der Waals surface area contributed by atoms with E-state index in [-0.39, 0.29) is 43.5 Å². The number of hydrogen-bond donors (Lipinski definition) is 2. The molecule has 1 aliphatic heterocycles. The maximum absolute atomic E-state index is 13.8. The average molecular weight is 486 g/mol. The first-order chi connectivity index (χ1) is 16.0. The van der Waals surface area contributed by atoms with Crippen LogP contribution in [0.15, 0.2) is 42.5 Å². The molecule has 1 heterocycles. The lowest BCUT2D eigenvalue weighted by atomic mass is 9.95. The van der Waals surface area contributed by atoms with Gasteiger partial charge >= 0.3 is 6.18 Å². The Hall–Kier alpha value is -3.21. The monoisotopic (exact) mass is 486 g/mol. The Labute approximate surface area is 192 Å². The van der Waals surface area contributed by atoms with E-state index in [2.05, 4.69) is 5.32 Å². The van der Waals surface area contributed by atoms with E-state index in [1.165, 1.54) is 17.0 Å². The Morgan fingerprint density at radius 3 is 2.47 bits per heavy atom. The van der Waals surface area contributed by atoms with Crippen LogP contribution >= 0.6 is 0 Å². The standard InChI is InChI=1S/C23H23F5N2O4/c24-16-4-5-19(20(25)11-16)22(33)30-8-6-14(7-9-30)21(32)29-12-17(31)13-34-18-3-1-2-15(10-18)23(26,27)28/h1-5,10-11,14,17,31H,6-9,12-13H2,(H,29,32). The Morgan fingerprint density at radius 2 is 1.82 bits per heavy atom. The summed E-state index contributed by atoms with van der Waals surface area (Å²) in [4.78, 5) is 26.2. The molecule has 3 rings (SSSR count). The zero-order chi connectivity index (χ0) is 24.9. The number of piperidine rings is 1. The van der Waals surface area contributed by atoms with Crippen molar-refractivity contribution in [2.24, 2.45) is 5.92 Å². The van der Waals surface area contributed by atoms with Gasteiger partial charge in [-0.2, -0.15) is 13.2 Å². The summed E-state index contributed by atoms with van der Waals surface area (Å²) in [5.74, 6) is -3.16. The van der Waals surface area contributed by atoms with E-state index in [9.17, 15) is 36.6 Å². The summed E-state index contributed by atoms with van der Waals surface area (Å²) in [5, 5.41) is 12.6. The molecule has 0 spiro atoms. The molecule has 184 valence electrons. The maximum Gasteiger partial charge on any atom is 0.416 e. The van der Waals surface area contributed by atoms with Crippen molar-refractivity contribution in [3.05, 3.63) is 65.2 Å². The largest absolute Gasteiger partial charge is 0.491 e. The van der Waals surface area contributed by atoms with E-state index in [0.29, 0.717) is 18.9 Å². The number of carbonyl (C=O) groups excluding carboxylic acids is 2. The molecule has 0 bridgehead atoms. The maximum atomic E-state index is 13.8. The molecule has 2 amide bonds. The highest BCUT2D eigenvalue weighted by molar-refractivity contribution is 5.94. The number of ether oxygens (including phenoxy) is 1. The van der Waals surface area contributed by atoms with E-state index in [1.807, 2.05) is 0 Å². The number of hydrogen-bond acceptors (Lipinski definition) is 4. The number of nitrogens with zero attached hydrogens (tertiary/aromatic N) is 1. The van der Waals surface area contributed by atoms with Gasteiger partial charge < -0.3 is 20.1 Å². The van der Waals surface area contributed by atoms with Crippen molar-refractivity contribution in [2.45, 2.75) is 25.1 Å². The highest BCUT2D eigenvalue weighted by atomic mass is 19.4. The fourth-order valence-electron chi connectivity index (χ4n) is 3.55. The second-order valence-corrected chi connectivity index (χ2v) is 7.93. The number of alkyl halides is 3. The number of nitrogens with one attached hydrogen (secondary N) is 1. The van der Waals surface area contributed by atoms with Gasteiger partial charge in [0.2, 0.25) is 5.91 Å². The van der Waals surface area contributed by atoms with Crippen molar-refractivity contribution >= 4 is 11.8 Å². The van der Waals surface area contributed by atoms with Gasteiger partial charge in [0, 0.05) is 31.6 Å². The third-order valence-electron chi connectivity index (χ3n) is 5.43. The lowest BCUT2D eigenvalue weighted by Crippen LogP contribution is -2.45. The van der Waals surface area contributed by atoms with Gasteiger partial charge in [-0.05, 0) is 43.2 Å². The lowest BCUT2D eigenvalue weighted by Gasteiger charge is -2.31. The Morgan fingerprint density at radius 1 is 1.12 bits per heavy atom. The number of benzene rings is 2. The first kappa shape index (κ1) is 25.4. The molecular formula is C23H23F5N2O4. The third kappa shape index (κ3) is 6.66. The van der Waals surface area contributed by atoms with E-state index < -0.39 is 41.3 Å². The number of amides is 2. The van der Waals surface area contributed by atoms with Crippen LogP contribution in [-0.2, 0) is 11.0 Å². The molecule has 1 saturated heterocycles. The lowest BCUT2D eigenvalue weighted by molar-refractivity contribution is -0.137. The Bertz CT molecular complexity index is 1020. The van der Waals surface area contributed by atoms with Crippen LogP contribution in [0.4, 0.5) is 22.0 Å². The number of rotatable bonds is 7. The number of carbonyl (C=O) groups is 2. The van der Waals surface area contributed by atoms with Gasteiger partial charge in [-0.3, -0.25) is 9.59 Å². The second-order valence-electron chi connectivity index (χ2n) is 7.93. The van der Waals surface area contributed by atoms with Crippen molar-refractivity contribution < 1.29 is 41.4 Å². The van der Waals surface area contributed by atoms with Crippen molar-refractivity contribution in [3.8, 4) is 5.75 Å². The number of likely N-dealkylation sites (tertiary alicyclic amines) is 1. The molecule has 1 unspecified atom stereocenters. The van der Waals surface area contributed by atoms with Crippen molar-refractivity contribution in [3.63, 3.8) is 0 Å². The molecule has 34 heavy (non-hydrogen) atoms. The zero-order valence-corrected chi connectivity index (χ0v) is 17.9. The molecule has 2 N–H and O–H groups in total. The van der Waals surface area contributed by atoms with Crippen LogP contribution in [0.25, 0.3) is 0 Å². The van der Waals surface area contributed by atoms with Gasteiger partial charge in [-0.1, -0.05) is 6.07 Å². The van der Waals surface area contributed by atoms with Gasteiger partial charge in [0.15, 0.2) is 0 Å². The van der Waals surface area contributed by atoms with Crippen molar-refractivity contribution in [1.29, 1.82) is 0 Å². The van der Waals surface area contributed by atoms with Gasteiger partial charge in [0.25, 0.3) is 5.91 Å². The van der Waals surface area contributed by atoms with Gasteiger partial charge in [-0.15, -0.1) is 0 Å². The van der Waals surface area contributed by atoms with Crippen LogP contribution in [-0.4, -0.2) is 54.2 Å². The predicted octanol–water partition coefficient (Wildman–Crippen LogP) is 3.39. The van der Waals surface area contributed by atoms with Crippen LogP contribution < -0.4 is 10.1 Å². The zero-order valence-electron chi connectivity index (χ0n) is 17.9. The topological polar surface area (TPSA) is 78.9 Å². The van der Waals surface area contributed by atoms with Crippen LogP contribution in [0.2, 0.25) is 0 Å². The quantitative estimate of drug-likeness (QED) is 0.589. The van der Waals surface area contributed by atoms with E-state index >= 15 is 0 Å². The van der Waals surface area contributed by atoms with Crippen molar-refractivity contribution in [1.82, 2.24) is 10.2 Å². The third-order valence-corrected chi connectivity index (χ3v) is 5.43. The minimum Gasteiger partial charge on any atom is -0.491 e. The second kappa shape index (κ2) is 10.8. The summed E-state index contributed by atoms with van der Waals surface area (Å²) in [6, 6.07) is 6.95. The molecular weight excluding hydrogens is 463 g/mol. The van der Waals surface area contributed by atoms with Gasteiger partial charge in [0.1, 0.15) is 30.1 Å². The summed E-state index contributed by atoms with van der Waals surface area (Å²) >= 11 is 0. The van der Waals surface area contributed by atoms with Crippen LogP contribution in [0.3, 0.4) is 0 Å². The van der Waals surface area contributed by atoms with Crippen LogP contribution in [0.5, 0.6) is 5.75 Å². The molecule has 1 atom stereocenters. The minimum absolute atomic E-state index is 0.0603. The summed E-state index contributed by atoms with van der Waals surface area (Å²) in [6.45, 7) is -0.0839. The summed E-state index contributed by atoms with van der Waals surface area (Å²) in [6.07, 6.45) is -5.03. The first-order valence-electron chi connectivity index (χ1n) is 10.5. The SMILES string of the molecule is O=C(NCC(O)COc1cccc(C(F)(F)F)c1)C1CCN(C(=O)c2ccc(F)cc2F)CC1. The molecule has 2 aromatic rings. The fraction of sp³-hybridized carbons (Fsp3) is 0.391. The Kier molecular flexibility index (Phi) is 8.08. The normalized spacial score (nSPS) is 15.6. The molecule has 0 aromatic heterocycles. The van der Waals surface area contributed by atoms with E-state index in [0.717, 1.165) is 24.3 Å². The minimum atomic E-state index is -4.51. The number of halogens is 5. The van der Waals surface area contributed by atoms with E-state index in [4.69, 9.17) is 4.74 Å². The number of aliphatic hydroxyl groups is 1. The molecule has 0 radical (unpaired) electrons. The highest BCUT2D eigenvalue weighted by Gasteiger charge is 2.31. The van der Waals surface area contributed by atoms with Gasteiger partial charge in [-0.25, -0.2) is 8.78 Å². The fourth-order valence-corrected chi connectivity index (χ4v) is 3.55. The molecule has 2 aromatic carbocycles. The Balaban J connectivity index is 1.41. The summed E-state index contributed by atoms with van der Waals surface area (Å²) in [5.41, 5.74) is -1.12. The molecule has 0 aliphatic carbocycles. The number of aliphatic hydroxyl groups excluding tert-OH is 1. The predicted molar refractivity (Wildman–Crippen MR) is 111 cm³/mol.